The third kappa shape index (κ3) is 6.35. The predicted octanol–water partition coefficient (Wildman–Crippen LogP) is 0.499. The first-order chi connectivity index (χ1) is 7.79. The summed E-state index contributed by atoms with van der Waals surface area (Å²) < 4.78 is 24.8. The molecular formula is C11H19N3O2S. The van der Waals surface area contributed by atoms with Crippen molar-refractivity contribution in [2.24, 2.45) is 0 Å². The second-order valence-electron chi connectivity index (χ2n) is 4.72. The highest BCUT2D eigenvalue weighted by Crippen LogP contribution is 2.03. The standard InChI is InChI=1S/C11H19N3O2S/c1-11(2,14-17(3,15)16)9-13-8-10-4-6-12-7-5-10/h4-7,13-14H,8-9H2,1-3H3. The molecule has 17 heavy (non-hydrogen) atoms. The summed E-state index contributed by atoms with van der Waals surface area (Å²) in [5, 5.41) is 3.21. The van der Waals surface area contributed by atoms with Crippen LogP contribution in [0, 0.1) is 0 Å². The molecule has 1 heterocycles. The molecule has 0 spiro atoms. The van der Waals surface area contributed by atoms with E-state index in [1.54, 1.807) is 12.4 Å². The van der Waals surface area contributed by atoms with E-state index in [2.05, 4.69) is 15.0 Å². The van der Waals surface area contributed by atoms with Gasteiger partial charge in [0.05, 0.1) is 6.26 Å². The lowest BCUT2D eigenvalue weighted by molar-refractivity contribution is 0.421. The first-order valence-electron chi connectivity index (χ1n) is 5.37. The van der Waals surface area contributed by atoms with E-state index in [1.807, 2.05) is 26.0 Å². The van der Waals surface area contributed by atoms with Gasteiger partial charge in [0.15, 0.2) is 0 Å². The van der Waals surface area contributed by atoms with Gasteiger partial charge in [0.1, 0.15) is 0 Å². The number of sulfonamides is 1. The molecule has 0 atom stereocenters. The van der Waals surface area contributed by atoms with Gasteiger partial charge in [0.25, 0.3) is 0 Å². The van der Waals surface area contributed by atoms with Crippen molar-refractivity contribution in [2.45, 2.75) is 25.9 Å². The molecule has 0 saturated carbocycles. The second-order valence-corrected chi connectivity index (χ2v) is 6.47. The summed E-state index contributed by atoms with van der Waals surface area (Å²) in [5.74, 6) is 0. The number of pyridine rings is 1. The zero-order valence-corrected chi connectivity index (χ0v) is 11.2. The summed E-state index contributed by atoms with van der Waals surface area (Å²) in [5.41, 5.74) is 0.621. The Morgan fingerprint density at radius 2 is 1.88 bits per heavy atom. The van der Waals surface area contributed by atoms with Gasteiger partial charge >= 0.3 is 0 Å². The molecule has 0 aliphatic heterocycles. The van der Waals surface area contributed by atoms with Crippen molar-refractivity contribution in [3.05, 3.63) is 30.1 Å². The molecule has 6 heteroatoms. The van der Waals surface area contributed by atoms with Crippen molar-refractivity contribution < 1.29 is 8.42 Å². The van der Waals surface area contributed by atoms with E-state index < -0.39 is 15.6 Å². The van der Waals surface area contributed by atoms with Crippen LogP contribution in [0.3, 0.4) is 0 Å². The molecule has 2 N–H and O–H groups in total. The van der Waals surface area contributed by atoms with Crippen LogP contribution in [0.4, 0.5) is 0 Å². The van der Waals surface area contributed by atoms with Gasteiger partial charge in [-0.05, 0) is 31.5 Å². The lowest BCUT2D eigenvalue weighted by Gasteiger charge is -2.25. The summed E-state index contributed by atoms with van der Waals surface area (Å²) in [6, 6.07) is 3.84. The summed E-state index contributed by atoms with van der Waals surface area (Å²) in [7, 11) is -3.18. The number of aromatic nitrogens is 1. The van der Waals surface area contributed by atoms with Gasteiger partial charge in [0.2, 0.25) is 10.0 Å². The molecule has 0 aliphatic carbocycles. The third-order valence-electron chi connectivity index (χ3n) is 2.11. The third-order valence-corrected chi connectivity index (χ3v) is 3.03. The Morgan fingerprint density at radius 3 is 2.41 bits per heavy atom. The minimum absolute atomic E-state index is 0.499. The van der Waals surface area contributed by atoms with Crippen LogP contribution in [0.5, 0.6) is 0 Å². The monoisotopic (exact) mass is 257 g/mol. The largest absolute Gasteiger partial charge is 0.311 e. The van der Waals surface area contributed by atoms with Crippen LogP contribution >= 0.6 is 0 Å². The van der Waals surface area contributed by atoms with Crippen molar-refractivity contribution in [2.75, 3.05) is 12.8 Å². The molecule has 0 fully saturated rings. The fourth-order valence-corrected chi connectivity index (χ4v) is 2.63. The molecule has 0 saturated heterocycles. The van der Waals surface area contributed by atoms with Crippen molar-refractivity contribution in [1.82, 2.24) is 15.0 Å². The second kappa shape index (κ2) is 5.57. The minimum Gasteiger partial charge on any atom is -0.311 e. The molecule has 1 aromatic rings. The zero-order valence-electron chi connectivity index (χ0n) is 10.4. The SMILES string of the molecule is CC(C)(CNCc1ccncc1)NS(C)(=O)=O. The summed E-state index contributed by atoms with van der Waals surface area (Å²) in [6.07, 6.45) is 4.63. The molecule has 0 aromatic carbocycles. The topological polar surface area (TPSA) is 71.1 Å². The molecule has 0 bridgehead atoms. The first-order valence-corrected chi connectivity index (χ1v) is 7.26. The van der Waals surface area contributed by atoms with Crippen molar-refractivity contribution in [1.29, 1.82) is 0 Å². The fourth-order valence-electron chi connectivity index (χ4n) is 1.56. The Balaban J connectivity index is 2.40. The highest BCUT2D eigenvalue weighted by atomic mass is 32.2. The Kier molecular flexibility index (Phi) is 4.62. The van der Waals surface area contributed by atoms with Gasteiger partial charge in [-0.1, -0.05) is 0 Å². The van der Waals surface area contributed by atoms with Crippen LogP contribution in [0.25, 0.3) is 0 Å². The van der Waals surface area contributed by atoms with E-state index in [0.29, 0.717) is 13.1 Å². The smallest absolute Gasteiger partial charge is 0.209 e. The highest BCUT2D eigenvalue weighted by molar-refractivity contribution is 7.88. The number of hydrogen-bond acceptors (Lipinski definition) is 4. The lowest BCUT2D eigenvalue weighted by atomic mass is 10.1. The lowest BCUT2D eigenvalue weighted by Crippen LogP contribution is -2.49. The average molecular weight is 257 g/mol. The molecule has 96 valence electrons. The van der Waals surface area contributed by atoms with E-state index in [9.17, 15) is 8.42 Å². The Morgan fingerprint density at radius 1 is 1.29 bits per heavy atom. The van der Waals surface area contributed by atoms with Crippen LogP contribution in [0.1, 0.15) is 19.4 Å². The van der Waals surface area contributed by atoms with Gasteiger partial charge in [-0.15, -0.1) is 0 Å². The Hall–Kier alpha value is -0.980. The number of rotatable bonds is 6. The summed E-state index contributed by atoms with van der Waals surface area (Å²) in [6.45, 7) is 4.93. The van der Waals surface area contributed by atoms with Gasteiger partial charge < -0.3 is 5.32 Å². The van der Waals surface area contributed by atoms with E-state index in [-0.39, 0.29) is 0 Å². The van der Waals surface area contributed by atoms with Gasteiger partial charge in [-0.2, -0.15) is 0 Å². The quantitative estimate of drug-likeness (QED) is 0.778. The molecule has 0 unspecified atom stereocenters. The summed E-state index contributed by atoms with van der Waals surface area (Å²) >= 11 is 0. The normalized spacial score (nSPS) is 12.6. The van der Waals surface area contributed by atoms with Crippen molar-refractivity contribution >= 4 is 10.0 Å². The minimum atomic E-state index is -3.18. The van der Waals surface area contributed by atoms with Gasteiger partial charge in [-0.3, -0.25) is 4.98 Å². The predicted molar refractivity (Wildman–Crippen MR) is 68.0 cm³/mol. The van der Waals surface area contributed by atoms with Crippen LogP contribution in [0.2, 0.25) is 0 Å². The van der Waals surface area contributed by atoms with Crippen LogP contribution in [-0.4, -0.2) is 31.7 Å². The zero-order chi connectivity index (χ0) is 12.9. The maximum absolute atomic E-state index is 11.1. The molecule has 1 rings (SSSR count). The van der Waals surface area contributed by atoms with Crippen LogP contribution in [-0.2, 0) is 16.6 Å². The highest BCUT2D eigenvalue weighted by Gasteiger charge is 2.21. The molecule has 0 radical (unpaired) electrons. The Bertz CT molecular complexity index is 443. The van der Waals surface area contributed by atoms with E-state index in [1.165, 1.54) is 0 Å². The maximum atomic E-state index is 11.1. The van der Waals surface area contributed by atoms with E-state index >= 15 is 0 Å². The van der Waals surface area contributed by atoms with Crippen molar-refractivity contribution in [3.8, 4) is 0 Å². The van der Waals surface area contributed by atoms with Crippen LogP contribution < -0.4 is 10.0 Å². The Labute approximate surface area is 103 Å². The summed E-state index contributed by atoms with van der Waals surface area (Å²) in [4.78, 5) is 3.93. The number of nitrogens with zero attached hydrogens (tertiary/aromatic N) is 1. The van der Waals surface area contributed by atoms with E-state index in [0.717, 1.165) is 11.8 Å². The molecular weight excluding hydrogens is 238 g/mol. The average Bonchev–Trinajstić information content (AvgIpc) is 2.15. The molecule has 1 aromatic heterocycles. The molecule has 0 aliphatic rings. The van der Waals surface area contributed by atoms with Gasteiger partial charge in [0, 0.05) is 31.0 Å². The molecule has 0 amide bonds. The number of nitrogens with one attached hydrogen (secondary N) is 2. The first kappa shape index (κ1) is 14.1. The van der Waals surface area contributed by atoms with Crippen LogP contribution in [0.15, 0.2) is 24.5 Å². The number of hydrogen-bond donors (Lipinski definition) is 2. The van der Waals surface area contributed by atoms with Crippen molar-refractivity contribution in [3.63, 3.8) is 0 Å². The fraction of sp³-hybridized carbons (Fsp3) is 0.545. The van der Waals surface area contributed by atoms with Gasteiger partial charge in [-0.25, -0.2) is 13.1 Å². The molecule has 5 nitrogen and oxygen atoms in total. The van der Waals surface area contributed by atoms with E-state index in [4.69, 9.17) is 0 Å². The maximum Gasteiger partial charge on any atom is 0.209 e.